The van der Waals surface area contributed by atoms with E-state index in [0.717, 1.165) is 29.7 Å². The van der Waals surface area contributed by atoms with Crippen molar-refractivity contribution in [3.8, 4) is 5.75 Å². The Morgan fingerprint density at radius 1 is 1.43 bits per heavy atom. The van der Waals surface area contributed by atoms with Crippen molar-refractivity contribution in [3.63, 3.8) is 0 Å². The predicted molar refractivity (Wildman–Crippen MR) is 87.5 cm³/mol. The number of likely N-dealkylation sites (tertiary alicyclic amines) is 1. The van der Waals surface area contributed by atoms with Crippen molar-refractivity contribution < 1.29 is 9.53 Å². The zero-order chi connectivity index (χ0) is 15.1. The number of halogens is 1. The zero-order valence-corrected chi connectivity index (χ0v) is 14.1. The standard InChI is InChI=1S/C16H23BrN2O2/c1-19-10-2-4-14(19)12-18-16(20)5-3-11-21-15-8-6-13(17)7-9-15/h6-9,14H,2-5,10-12H2,1H3,(H,18,20)/t14-/m1/s1. The summed E-state index contributed by atoms with van der Waals surface area (Å²) in [5.74, 6) is 0.959. The molecule has 1 aromatic rings. The van der Waals surface area contributed by atoms with Crippen LogP contribution in [0.15, 0.2) is 28.7 Å². The number of hydrogen-bond donors (Lipinski definition) is 1. The molecule has 0 aliphatic carbocycles. The quantitative estimate of drug-likeness (QED) is 0.765. The van der Waals surface area contributed by atoms with E-state index in [-0.39, 0.29) is 5.91 Å². The molecule has 1 amide bonds. The molecule has 0 spiro atoms. The summed E-state index contributed by atoms with van der Waals surface area (Å²) in [6.07, 6.45) is 3.68. The Morgan fingerprint density at radius 3 is 2.86 bits per heavy atom. The Labute approximate surface area is 135 Å². The third kappa shape index (κ3) is 5.67. The van der Waals surface area contributed by atoms with Crippen LogP contribution in [0.4, 0.5) is 0 Å². The minimum atomic E-state index is 0.120. The van der Waals surface area contributed by atoms with Crippen LogP contribution in [-0.2, 0) is 4.79 Å². The number of nitrogens with one attached hydrogen (secondary N) is 1. The smallest absolute Gasteiger partial charge is 0.220 e. The average Bonchev–Trinajstić information content (AvgIpc) is 2.89. The lowest BCUT2D eigenvalue weighted by molar-refractivity contribution is -0.121. The van der Waals surface area contributed by atoms with Crippen molar-refractivity contribution in [3.05, 3.63) is 28.7 Å². The fourth-order valence-electron chi connectivity index (χ4n) is 2.51. The topological polar surface area (TPSA) is 41.6 Å². The van der Waals surface area contributed by atoms with Crippen LogP contribution in [0.2, 0.25) is 0 Å². The predicted octanol–water partition coefficient (Wildman–Crippen LogP) is 2.82. The van der Waals surface area contributed by atoms with Crippen molar-refractivity contribution in [1.29, 1.82) is 0 Å². The van der Waals surface area contributed by atoms with Crippen molar-refractivity contribution >= 4 is 21.8 Å². The summed E-state index contributed by atoms with van der Waals surface area (Å²) in [4.78, 5) is 14.1. The highest BCUT2D eigenvalue weighted by atomic mass is 79.9. The molecular formula is C16H23BrN2O2. The molecule has 0 aromatic heterocycles. The number of carbonyl (C=O) groups excluding carboxylic acids is 1. The lowest BCUT2D eigenvalue weighted by Gasteiger charge is -2.19. The summed E-state index contributed by atoms with van der Waals surface area (Å²) in [5.41, 5.74) is 0. The molecule has 4 nitrogen and oxygen atoms in total. The monoisotopic (exact) mass is 354 g/mol. The van der Waals surface area contributed by atoms with Crippen LogP contribution in [-0.4, -0.2) is 43.6 Å². The second-order valence-electron chi connectivity index (χ2n) is 5.49. The average molecular weight is 355 g/mol. The van der Waals surface area contributed by atoms with Crippen molar-refractivity contribution in [2.75, 3.05) is 26.7 Å². The number of nitrogens with zero attached hydrogens (tertiary/aromatic N) is 1. The normalized spacial score (nSPS) is 18.7. The molecule has 5 heteroatoms. The Morgan fingerprint density at radius 2 is 2.19 bits per heavy atom. The molecule has 0 radical (unpaired) electrons. The van der Waals surface area contributed by atoms with Crippen molar-refractivity contribution in [2.45, 2.75) is 31.7 Å². The summed E-state index contributed by atoms with van der Waals surface area (Å²) in [6, 6.07) is 8.23. The molecule has 1 aliphatic heterocycles. The van der Waals surface area contributed by atoms with Crippen molar-refractivity contribution in [2.24, 2.45) is 0 Å². The molecule has 0 unspecified atom stereocenters. The number of rotatable bonds is 7. The SMILES string of the molecule is CN1CCC[C@@H]1CNC(=O)CCCOc1ccc(Br)cc1. The lowest BCUT2D eigenvalue weighted by Crippen LogP contribution is -2.38. The van der Waals surface area contributed by atoms with Gasteiger partial charge in [0.2, 0.25) is 5.91 Å². The number of likely N-dealkylation sites (N-methyl/N-ethyl adjacent to an activating group) is 1. The Hall–Kier alpha value is -1.07. The van der Waals surface area contributed by atoms with Gasteiger partial charge in [-0.1, -0.05) is 15.9 Å². The summed E-state index contributed by atoms with van der Waals surface area (Å²) in [7, 11) is 2.12. The summed E-state index contributed by atoms with van der Waals surface area (Å²) >= 11 is 3.38. The first kappa shape index (κ1) is 16.3. The molecule has 1 saturated heterocycles. The maximum absolute atomic E-state index is 11.8. The van der Waals surface area contributed by atoms with E-state index in [1.165, 1.54) is 12.8 Å². The number of amides is 1. The van der Waals surface area contributed by atoms with Gasteiger partial charge in [-0.25, -0.2) is 0 Å². The van der Waals surface area contributed by atoms with Gasteiger partial charge in [-0.15, -0.1) is 0 Å². The van der Waals surface area contributed by atoms with E-state index in [1.54, 1.807) is 0 Å². The zero-order valence-electron chi connectivity index (χ0n) is 12.5. The van der Waals surface area contributed by atoms with E-state index in [9.17, 15) is 4.79 Å². The lowest BCUT2D eigenvalue weighted by atomic mass is 10.2. The van der Waals surface area contributed by atoms with E-state index < -0.39 is 0 Å². The largest absolute Gasteiger partial charge is 0.494 e. The van der Waals surface area contributed by atoms with Crippen molar-refractivity contribution in [1.82, 2.24) is 10.2 Å². The van der Waals surface area contributed by atoms with Gasteiger partial charge in [-0.05, 0) is 57.1 Å². The first-order valence-electron chi connectivity index (χ1n) is 7.50. The highest BCUT2D eigenvalue weighted by Gasteiger charge is 2.20. The van der Waals surface area contributed by atoms with Crippen LogP contribution in [0, 0.1) is 0 Å². The fraction of sp³-hybridized carbons (Fsp3) is 0.562. The molecule has 21 heavy (non-hydrogen) atoms. The van der Waals surface area contributed by atoms with Gasteiger partial charge >= 0.3 is 0 Å². The van der Waals surface area contributed by atoms with Crippen LogP contribution in [0.3, 0.4) is 0 Å². The maximum Gasteiger partial charge on any atom is 0.220 e. The number of benzene rings is 1. The van der Waals surface area contributed by atoms with Gasteiger partial charge in [0.25, 0.3) is 0 Å². The Kier molecular flexibility index (Phi) is 6.51. The number of hydrogen-bond acceptors (Lipinski definition) is 3. The number of carbonyl (C=O) groups is 1. The van der Waals surface area contributed by atoms with E-state index in [2.05, 4.69) is 33.2 Å². The van der Waals surface area contributed by atoms with Crippen LogP contribution in [0.1, 0.15) is 25.7 Å². The molecule has 2 rings (SSSR count). The Balaban J connectivity index is 1.55. The van der Waals surface area contributed by atoms with Crippen LogP contribution in [0.5, 0.6) is 5.75 Å². The van der Waals surface area contributed by atoms with E-state index in [0.29, 0.717) is 19.1 Å². The second kappa shape index (κ2) is 8.39. The highest BCUT2D eigenvalue weighted by molar-refractivity contribution is 9.10. The van der Waals surface area contributed by atoms with Gasteiger partial charge < -0.3 is 15.0 Å². The van der Waals surface area contributed by atoms with Gasteiger partial charge in [0.15, 0.2) is 0 Å². The minimum Gasteiger partial charge on any atom is -0.494 e. The Bertz CT molecular complexity index is 450. The van der Waals surface area contributed by atoms with Crippen LogP contribution in [0.25, 0.3) is 0 Å². The van der Waals surface area contributed by atoms with Crippen LogP contribution < -0.4 is 10.1 Å². The van der Waals surface area contributed by atoms with Gasteiger partial charge in [-0.3, -0.25) is 4.79 Å². The maximum atomic E-state index is 11.8. The summed E-state index contributed by atoms with van der Waals surface area (Å²) in [6.45, 7) is 2.48. The molecule has 116 valence electrons. The molecule has 1 fully saturated rings. The third-order valence-corrected chi connectivity index (χ3v) is 4.37. The molecule has 1 atom stereocenters. The number of ether oxygens (including phenoxy) is 1. The first-order valence-corrected chi connectivity index (χ1v) is 8.30. The first-order chi connectivity index (χ1) is 10.1. The van der Waals surface area contributed by atoms with Gasteiger partial charge in [0.1, 0.15) is 5.75 Å². The molecule has 0 bridgehead atoms. The van der Waals surface area contributed by atoms with E-state index in [4.69, 9.17) is 4.74 Å². The summed E-state index contributed by atoms with van der Waals surface area (Å²) in [5, 5.41) is 3.02. The highest BCUT2D eigenvalue weighted by Crippen LogP contribution is 2.16. The van der Waals surface area contributed by atoms with E-state index in [1.807, 2.05) is 24.3 Å². The van der Waals surface area contributed by atoms with E-state index >= 15 is 0 Å². The molecular weight excluding hydrogens is 332 g/mol. The van der Waals surface area contributed by atoms with Crippen LogP contribution >= 0.6 is 15.9 Å². The molecule has 1 heterocycles. The molecule has 1 N–H and O–H groups in total. The minimum absolute atomic E-state index is 0.120. The summed E-state index contributed by atoms with van der Waals surface area (Å²) < 4.78 is 6.63. The third-order valence-electron chi connectivity index (χ3n) is 3.84. The van der Waals surface area contributed by atoms with Gasteiger partial charge in [0.05, 0.1) is 6.61 Å². The molecule has 0 saturated carbocycles. The van der Waals surface area contributed by atoms with Gasteiger partial charge in [0, 0.05) is 23.5 Å². The fourth-order valence-corrected chi connectivity index (χ4v) is 2.78. The molecule has 1 aliphatic rings. The molecule has 1 aromatic carbocycles. The van der Waals surface area contributed by atoms with Gasteiger partial charge in [-0.2, -0.15) is 0 Å². The second-order valence-corrected chi connectivity index (χ2v) is 6.40.